The zero-order valence-electron chi connectivity index (χ0n) is 12.5. The van der Waals surface area contributed by atoms with Crippen LogP contribution in [0.2, 0.25) is 10.0 Å². The summed E-state index contributed by atoms with van der Waals surface area (Å²) in [6.45, 7) is 1.82. The van der Waals surface area contributed by atoms with E-state index in [0.29, 0.717) is 38.8 Å². The molecule has 0 spiro atoms. The zero-order chi connectivity index (χ0) is 17.1. The van der Waals surface area contributed by atoms with Crippen molar-refractivity contribution in [1.29, 1.82) is 0 Å². The summed E-state index contributed by atoms with van der Waals surface area (Å²) >= 11 is 13.3. The normalized spacial score (nSPS) is 10.8. The standard InChI is InChI=1S/C15H12Cl2N4O2S/c1-8-20-21-15(24-8)19-13(22)4-5-14-18-7-12(23-14)10-3-2-9(16)6-11(10)17/h2-3,6-7H,4-5H2,1H3,(H,19,21,22). The SMILES string of the molecule is Cc1nnc(NC(=O)CCc2ncc(-c3ccc(Cl)cc3Cl)o2)s1. The molecule has 6 nitrogen and oxygen atoms in total. The highest BCUT2D eigenvalue weighted by molar-refractivity contribution is 7.15. The van der Waals surface area contributed by atoms with Crippen molar-refractivity contribution in [3.8, 4) is 11.3 Å². The maximum atomic E-state index is 11.9. The summed E-state index contributed by atoms with van der Waals surface area (Å²) < 4.78 is 5.65. The van der Waals surface area contributed by atoms with Crippen LogP contribution in [0.5, 0.6) is 0 Å². The van der Waals surface area contributed by atoms with Crippen molar-refractivity contribution in [2.45, 2.75) is 19.8 Å². The van der Waals surface area contributed by atoms with E-state index in [1.165, 1.54) is 11.3 Å². The Morgan fingerprint density at radius 1 is 1.33 bits per heavy atom. The molecule has 2 heterocycles. The molecule has 0 aliphatic carbocycles. The second kappa shape index (κ2) is 7.29. The Bertz CT molecular complexity index is 878. The van der Waals surface area contributed by atoms with Gasteiger partial charge in [-0.05, 0) is 25.1 Å². The third kappa shape index (κ3) is 4.11. The van der Waals surface area contributed by atoms with Gasteiger partial charge < -0.3 is 9.73 Å². The monoisotopic (exact) mass is 382 g/mol. The van der Waals surface area contributed by atoms with Gasteiger partial charge in [0.2, 0.25) is 11.0 Å². The molecule has 0 saturated carbocycles. The third-order valence-electron chi connectivity index (χ3n) is 3.09. The molecular weight excluding hydrogens is 371 g/mol. The number of benzene rings is 1. The molecule has 0 atom stereocenters. The molecule has 0 unspecified atom stereocenters. The van der Waals surface area contributed by atoms with Crippen LogP contribution in [0.3, 0.4) is 0 Å². The molecule has 0 aliphatic rings. The smallest absolute Gasteiger partial charge is 0.226 e. The van der Waals surface area contributed by atoms with Gasteiger partial charge in [0.05, 0.1) is 11.2 Å². The zero-order valence-corrected chi connectivity index (χ0v) is 14.9. The molecule has 3 rings (SSSR count). The van der Waals surface area contributed by atoms with Gasteiger partial charge in [0.15, 0.2) is 11.7 Å². The molecular formula is C15H12Cl2N4O2S. The van der Waals surface area contributed by atoms with Gasteiger partial charge in [-0.3, -0.25) is 4.79 Å². The number of oxazole rings is 1. The second-order valence-electron chi connectivity index (χ2n) is 4.92. The topological polar surface area (TPSA) is 80.9 Å². The van der Waals surface area contributed by atoms with E-state index >= 15 is 0 Å². The van der Waals surface area contributed by atoms with Gasteiger partial charge in [0.25, 0.3) is 0 Å². The molecule has 1 aromatic carbocycles. The number of carbonyl (C=O) groups excluding carboxylic acids is 1. The van der Waals surface area contributed by atoms with E-state index in [4.69, 9.17) is 27.6 Å². The first-order chi connectivity index (χ1) is 11.5. The Morgan fingerprint density at radius 3 is 2.88 bits per heavy atom. The highest BCUT2D eigenvalue weighted by atomic mass is 35.5. The van der Waals surface area contributed by atoms with E-state index in [0.717, 1.165) is 5.01 Å². The Morgan fingerprint density at radius 2 is 2.17 bits per heavy atom. The number of nitrogens with zero attached hydrogens (tertiary/aromatic N) is 3. The van der Waals surface area contributed by atoms with Gasteiger partial charge in [0.1, 0.15) is 5.01 Å². The van der Waals surface area contributed by atoms with Crippen LogP contribution in [0.1, 0.15) is 17.3 Å². The number of hydrogen-bond donors (Lipinski definition) is 1. The third-order valence-corrected chi connectivity index (χ3v) is 4.39. The van der Waals surface area contributed by atoms with E-state index in [9.17, 15) is 4.79 Å². The number of carbonyl (C=O) groups is 1. The fraction of sp³-hybridized carbons (Fsp3) is 0.200. The minimum Gasteiger partial charge on any atom is -0.441 e. The summed E-state index contributed by atoms with van der Waals surface area (Å²) in [4.78, 5) is 16.1. The number of rotatable bonds is 5. The summed E-state index contributed by atoms with van der Waals surface area (Å²) in [6.07, 6.45) is 2.18. The van der Waals surface area contributed by atoms with E-state index in [-0.39, 0.29) is 12.3 Å². The minimum absolute atomic E-state index is 0.171. The summed E-state index contributed by atoms with van der Waals surface area (Å²) in [6, 6.07) is 5.13. The van der Waals surface area contributed by atoms with Gasteiger partial charge >= 0.3 is 0 Å². The number of anilines is 1. The molecule has 0 saturated heterocycles. The molecule has 2 aromatic heterocycles. The van der Waals surface area contributed by atoms with E-state index < -0.39 is 0 Å². The first-order valence-electron chi connectivity index (χ1n) is 7.01. The van der Waals surface area contributed by atoms with Crippen molar-refractivity contribution in [1.82, 2.24) is 15.2 Å². The predicted octanol–water partition coefficient (Wildman–Crippen LogP) is 4.38. The first-order valence-corrected chi connectivity index (χ1v) is 8.58. The van der Waals surface area contributed by atoms with Crippen LogP contribution in [-0.2, 0) is 11.2 Å². The summed E-state index contributed by atoms with van der Waals surface area (Å²) in [7, 11) is 0. The lowest BCUT2D eigenvalue weighted by Crippen LogP contribution is -2.12. The molecule has 9 heteroatoms. The number of aromatic nitrogens is 3. The molecule has 0 radical (unpaired) electrons. The second-order valence-corrected chi connectivity index (χ2v) is 6.94. The molecule has 1 N–H and O–H groups in total. The van der Waals surface area contributed by atoms with Crippen LogP contribution in [0.4, 0.5) is 5.13 Å². The van der Waals surface area contributed by atoms with Crippen LogP contribution in [0.25, 0.3) is 11.3 Å². The Hall–Kier alpha value is -1.96. The maximum Gasteiger partial charge on any atom is 0.226 e. The van der Waals surface area contributed by atoms with Crippen molar-refractivity contribution in [2.24, 2.45) is 0 Å². The highest BCUT2D eigenvalue weighted by Crippen LogP contribution is 2.30. The lowest BCUT2D eigenvalue weighted by Gasteiger charge is -2.01. The fourth-order valence-electron chi connectivity index (χ4n) is 1.99. The van der Waals surface area contributed by atoms with E-state index in [2.05, 4.69) is 20.5 Å². The first kappa shape index (κ1) is 16.9. The van der Waals surface area contributed by atoms with Gasteiger partial charge in [0, 0.05) is 23.4 Å². The maximum absolute atomic E-state index is 11.9. The Labute approximate surface area is 151 Å². The minimum atomic E-state index is -0.171. The number of nitrogens with one attached hydrogen (secondary N) is 1. The predicted molar refractivity (Wildman–Crippen MR) is 93.6 cm³/mol. The van der Waals surface area contributed by atoms with E-state index in [1.54, 1.807) is 24.4 Å². The van der Waals surface area contributed by atoms with E-state index in [1.807, 2.05) is 6.92 Å². The Balaban J connectivity index is 1.60. The van der Waals surface area contributed by atoms with Crippen LogP contribution in [0.15, 0.2) is 28.8 Å². The molecule has 0 fully saturated rings. The van der Waals surface area contributed by atoms with Crippen LogP contribution < -0.4 is 5.32 Å². The molecule has 124 valence electrons. The lowest BCUT2D eigenvalue weighted by atomic mass is 10.2. The molecule has 0 bridgehead atoms. The molecule has 3 aromatic rings. The molecule has 24 heavy (non-hydrogen) atoms. The number of amides is 1. The lowest BCUT2D eigenvalue weighted by molar-refractivity contribution is -0.116. The Kier molecular flexibility index (Phi) is 5.13. The average Bonchev–Trinajstić information content (AvgIpc) is 3.14. The van der Waals surface area contributed by atoms with Crippen molar-refractivity contribution < 1.29 is 9.21 Å². The number of aryl methyl sites for hydroxylation is 2. The van der Waals surface area contributed by atoms with Crippen LogP contribution in [0, 0.1) is 6.92 Å². The number of hydrogen-bond acceptors (Lipinski definition) is 6. The molecule has 0 aliphatic heterocycles. The quantitative estimate of drug-likeness (QED) is 0.707. The average molecular weight is 383 g/mol. The highest BCUT2D eigenvalue weighted by Gasteiger charge is 2.12. The van der Waals surface area contributed by atoms with Gasteiger partial charge in [-0.25, -0.2) is 4.98 Å². The van der Waals surface area contributed by atoms with Gasteiger partial charge in [-0.2, -0.15) is 0 Å². The summed E-state index contributed by atoms with van der Waals surface area (Å²) in [5.74, 6) is 0.821. The number of halogens is 2. The van der Waals surface area contributed by atoms with Crippen molar-refractivity contribution in [3.05, 3.63) is 45.3 Å². The van der Waals surface area contributed by atoms with Gasteiger partial charge in [-0.15, -0.1) is 10.2 Å². The fourth-order valence-corrected chi connectivity index (χ4v) is 3.10. The summed E-state index contributed by atoms with van der Waals surface area (Å²) in [5, 5.41) is 12.7. The van der Waals surface area contributed by atoms with Crippen LogP contribution in [-0.4, -0.2) is 21.1 Å². The van der Waals surface area contributed by atoms with Crippen LogP contribution >= 0.6 is 34.5 Å². The summed E-state index contributed by atoms with van der Waals surface area (Å²) in [5.41, 5.74) is 0.702. The molecule has 1 amide bonds. The van der Waals surface area contributed by atoms with Crippen molar-refractivity contribution in [3.63, 3.8) is 0 Å². The van der Waals surface area contributed by atoms with Gasteiger partial charge in [-0.1, -0.05) is 34.5 Å². The van der Waals surface area contributed by atoms with Crippen molar-refractivity contribution >= 4 is 45.6 Å². The van der Waals surface area contributed by atoms with Crippen molar-refractivity contribution in [2.75, 3.05) is 5.32 Å². The largest absolute Gasteiger partial charge is 0.441 e.